The second-order valence-electron chi connectivity index (χ2n) is 6.79. The van der Waals surface area contributed by atoms with Gasteiger partial charge in [-0.3, -0.25) is 5.32 Å². The zero-order valence-corrected chi connectivity index (χ0v) is 12.8. The molecule has 1 aliphatic carbocycles. The Bertz CT molecular complexity index is 333. The minimum Gasteiger partial charge on any atom is -0.301 e. The van der Waals surface area contributed by atoms with E-state index in [0.717, 1.165) is 12.5 Å². The summed E-state index contributed by atoms with van der Waals surface area (Å²) in [5.74, 6) is 0.535. The highest BCUT2D eigenvalue weighted by atomic mass is 15.2. The molecule has 0 radical (unpaired) electrons. The Morgan fingerprint density at radius 3 is 2.74 bits per heavy atom. The smallest absolute Gasteiger partial charge is 0.109 e. The summed E-state index contributed by atoms with van der Waals surface area (Å²) in [5, 5.41) is 13.2. The Labute approximate surface area is 118 Å². The van der Waals surface area contributed by atoms with Gasteiger partial charge in [0.1, 0.15) is 5.54 Å². The molecule has 0 spiro atoms. The number of hydrogen-bond acceptors (Lipinski definition) is 3. The molecule has 0 amide bonds. The first kappa shape index (κ1) is 14.8. The zero-order chi connectivity index (χ0) is 13.9. The fourth-order valence-electron chi connectivity index (χ4n) is 4.00. The van der Waals surface area contributed by atoms with Crippen molar-refractivity contribution in [1.82, 2.24) is 10.2 Å². The van der Waals surface area contributed by atoms with Crippen molar-refractivity contribution in [1.29, 1.82) is 5.26 Å². The Balaban J connectivity index is 1.92. The summed E-state index contributed by atoms with van der Waals surface area (Å²) in [6.07, 6.45) is 7.32. The third kappa shape index (κ3) is 3.30. The van der Waals surface area contributed by atoms with Crippen LogP contribution in [0.5, 0.6) is 0 Å². The van der Waals surface area contributed by atoms with E-state index < -0.39 is 0 Å². The second-order valence-corrected chi connectivity index (χ2v) is 6.79. The van der Waals surface area contributed by atoms with Crippen molar-refractivity contribution in [3.8, 4) is 6.07 Å². The first-order valence-electron chi connectivity index (χ1n) is 8.00. The Hall–Kier alpha value is -0.590. The second kappa shape index (κ2) is 6.24. The minimum absolute atomic E-state index is 0.253. The first-order valence-corrected chi connectivity index (χ1v) is 8.00. The number of nitrogens with one attached hydrogen (secondary N) is 1. The molecule has 0 aromatic heterocycles. The maximum atomic E-state index is 9.65. The molecular formula is C16H29N3. The standard InChI is InChI=1S/C16H29N3/c1-13(2)18-16(12-17)9-4-7-15(16)8-11-19-10-5-6-14(19)3/h13-15,18H,4-11H2,1-3H3. The van der Waals surface area contributed by atoms with Crippen molar-refractivity contribution in [2.75, 3.05) is 13.1 Å². The molecule has 1 saturated carbocycles. The molecule has 108 valence electrons. The van der Waals surface area contributed by atoms with E-state index in [9.17, 15) is 5.26 Å². The van der Waals surface area contributed by atoms with E-state index >= 15 is 0 Å². The lowest BCUT2D eigenvalue weighted by Crippen LogP contribution is -2.50. The molecule has 2 rings (SSSR count). The summed E-state index contributed by atoms with van der Waals surface area (Å²) >= 11 is 0. The highest BCUT2D eigenvalue weighted by Crippen LogP contribution is 2.38. The van der Waals surface area contributed by atoms with Crippen LogP contribution in [0, 0.1) is 17.2 Å². The number of nitrogens with zero attached hydrogens (tertiary/aromatic N) is 2. The molecule has 3 nitrogen and oxygen atoms in total. The Kier molecular flexibility index (Phi) is 4.86. The van der Waals surface area contributed by atoms with Crippen molar-refractivity contribution in [3.63, 3.8) is 0 Å². The monoisotopic (exact) mass is 263 g/mol. The largest absolute Gasteiger partial charge is 0.301 e. The lowest BCUT2D eigenvalue weighted by Gasteiger charge is -2.33. The maximum Gasteiger partial charge on any atom is 0.109 e. The molecule has 2 aliphatic rings. The van der Waals surface area contributed by atoms with E-state index in [1.807, 2.05) is 0 Å². The Morgan fingerprint density at radius 1 is 1.37 bits per heavy atom. The number of rotatable bonds is 5. The molecule has 0 aromatic carbocycles. The van der Waals surface area contributed by atoms with Gasteiger partial charge in [-0.2, -0.15) is 5.26 Å². The van der Waals surface area contributed by atoms with Gasteiger partial charge in [-0.25, -0.2) is 0 Å². The molecule has 2 fully saturated rings. The topological polar surface area (TPSA) is 39.1 Å². The van der Waals surface area contributed by atoms with Gasteiger partial charge in [0, 0.05) is 12.1 Å². The number of likely N-dealkylation sites (tertiary alicyclic amines) is 1. The lowest BCUT2D eigenvalue weighted by molar-refractivity contribution is 0.213. The normalized spacial score (nSPS) is 35.9. The quantitative estimate of drug-likeness (QED) is 0.829. The maximum absolute atomic E-state index is 9.65. The average molecular weight is 263 g/mol. The summed E-state index contributed by atoms with van der Waals surface area (Å²) in [4.78, 5) is 2.61. The summed E-state index contributed by atoms with van der Waals surface area (Å²) in [6.45, 7) is 9.07. The summed E-state index contributed by atoms with van der Waals surface area (Å²) < 4.78 is 0. The molecular weight excluding hydrogens is 234 g/mol. The molecule has 1 saturated heterocycles. The minimum atomic E-state index is -0.253. The van der Waals surface area contributed by atoms with Gasteiger partial charge in [-0.15, -0.1) is 0 Å². The molecule has 0 aromatic rings. The average Bonchev–Trinajstić information content (AvgIpc) is 2.93. The van der Waals surface area contributed by atoms with Gasteiger partial charge in [0.25, 0.3) is 0 Å². The number of nitriles is 1. The van der Waals surface area contributed by atoms with Gasteiger partial charge in [0.15, 0.2) is 0 Å². The summed E-state index contributed by atoms with van der Waals surface area (Å²) in [7, 11) is 0. The fraction of sp³-hybridized carbons (Fsp3) is 0.938. The van der Waals surface area contributed by atoms with Crippen LogP contribution in [0.1, 0.15) is 59.3 Å². The van der Waals surface area contributed by atoms with Gasteiger partial charge in [0.05, 0.1) is 6.07 Å². The van der Waals surface area contributed by atoms with Crippen LogP contribution < -0.4 is 5.32 Å². The van der Waals surface area contributed by atoms with Crippen LogP contribution in [0.15, 0.2) is 0 Å². The summed E-state index contributed by atoms with van der Waals surface area (Å²) in [5.41, 5.74) is -0.253. The van der Waals surface area contributed by atoms with Crippen molar-refractivity contribution < 1.29 is 0 Å². The van der Waals surface area contributed by atoms with Crippen LogP contribution in [-0.4, -0.2) is 35.6 Å². The fourth-order valence-corrected chi connectivity index (χ4v) is 4.00. The predicted octanol–water partition coefficient (Wildman–Crippen LogP) is 2.92. The summed E-state index contributed by atoms with van der Waals surface area (Å²) in [6, 6.07) is 3.76. The van der Waals surface area contributed by atoms with Crippen molar-refractivity contribution in [2.45, 2.75) is 76.9 Å². The highest BCUT2D eigenvalue weighted by Gasteiger charge is 2.43. The highest BCUT2D eigenvalue weighted by molar-refractivity contribution is 5.14. The molecule has 1 N–H and O–H groups in total. The van der Waals surface area contributed by atoms with Crippen LogP contribution in [0.2, 0.25) is 0 Å². The van der Waals surface area contributed by atoms with Gasteiger partial charge in [0.2, 0.25) is 0 Å². The van der Waals surface area contributed by atoms with E-state index in [1.54, 1.807) is 0 Å². The Morgan fingerprint density at radius 2 is 2.16 bits per heavy atom. The molecule has 19 heavy (non-hydrogen) atoms. The molecule has 3 unspecified atom stereocenters. The van der Waals surface area contributed by atoms with Crippen molar-refractivity contribution in [2.24, 2.45) is 5.92 Å². The van der Waals surface area contributed by atoms with Gasteiger partial charge in [-0.1, -0.05) is 6.42 Å². The first-order chi connectivity index (χ1) is 9.07. The van der Waals surface area contributed by atoms with Crippen LogP contribution >= 0.6 is 0 Å². The van der Waals surface area contributed by atoms with E-state index in [4.69, 9.17) is 0 Å². The third-order valence-electron chi connectivity index (χ3n) is 5.02. The van der Waals surface area contributed by atoms with E-state index in [2.05, 4.69) is 37.1 Å². The van der Waals surface area contributed by atoms with E-state index in [-0.39, 0.29) is 5.54 Å². The van der Waals surface area contributed by atoms with Crippen molar-refractivity contribution >= 4 is 0 Å². The van der Waals surface area contributed by atoms with Crippen LogP contribution in [-0.2, 0) is 0 Å². The number of hydrogen-bond donors (Lipinski definition) is 1. The van der Waals surface area contributed by atoms with Gasteiger partial charge < -0.3 is 4.90 Å². The predicted molar refractivity (Wildman–Crippen MR) is 78.8 cm³/mol. The van der Waals surface area contributed by atoms with Crippen LogP contribution in [0.4, 0.5) is 0 Å². The van der Waals surface area contributed by atoms with E-state index in [1.165, 1.54) is 45.2 Å². The van der Waals surface area contributed by atoms with Gasteiger partial charge in [-0.05, 0) is 71.9 Å². The SMILES string of the molecule is CC(C)NC1(C#N)CCCC1CCN1CCCC1C. The van der Waals surface area contributed by atoms with Gasteiger partial charge >= 0.3 is 0 Å². The molecule has 3 atom stereocenters. The molecule has 1 heterocycles. The van der Waals surface area contributed by atoms with Crippen molar-refractivity contribution in [3.05, 3.63) is 0 Å². The zero-order valence-electron chi connectivity index (χ0n) is 12.8. The van der Waals surface area contributed by atoms with Crippen LogP contribution in [0.3, 0.4) is 0 Å². The molecule has 1 aliphatic heterocycles. The third-order valence-corrected chi connectivity index (χ3v) is 5.02. The van der Waals surface area contributed by atoms with Crippen LogP contribution in [0.25, 0.3) is 0 Å². The van der Waals surface area contributed by atoms with E-state index in [0.29, 0.717) is 12.0 Å². The lowest BCUT2D eigenvalue weighted by atomic mass is 9.85. The molecule has 3 heteroatoms. The molecule has 0 bridgehead atoms.